The minimum absolute atomic E-state index is 0.0175. The predicted molar refractivity (Wildman–Crippen MR) is 111 cm³/mol. The first kappa shape index (κ1) is 21.0. The molecule has 2 rings (SSSR count). The van der Waals surface area contributed by atoms with Crippen molar-refractivity contribution in [2.45, 2.75) is 39.8 Å². The summed E-state index contributed by atoms with van der Waals surface area (Å²) in [4.78, 5) is 12.6. The van der Waals surface area contributed by atoms with Gasteiger partial charge in [-0.3, -0.25) is 4.79 Å². The molecule has 2 unspecified atom stereocenters. The topological polar surface area (TPSA) is 74.1 Å². The van der Waals surface area contributed by atoms with Gasteiger partial charge in [-0.2, -0.15) is 5.26 Å². The molecule has 28 heavy (non-hydrogen) atoms. The van der Waals surface area contributed by atoms with Crippen LogP contribution < -0.4 is 15.4 Å². The van der Waals surface area contributed by atoms with E-state index in [-0.39, 0.29) is 17.7 Å². The van der Waals surface area contributed by atoms with Crippen LogP contribution in [0.4, 0.5) is 0 Å². The fourth-order valence-corrected chi connectivity index (χ4v) is 2.84. The first-order valence-electron chi connectivity index (χ1n) is 9.41. The zero-order valence-electron chi connectivity index (χ0n) is 16.8. The van der Waals surface area contributed by atoms with Crippen LogP contribution in [0.15, 0.2) is 60.3 Å². The van der Waals surface area contributed by atoms with E-state index < -0.39 is 5.91 Å². The molecule has 0 aliphatic carbocycles. The van der Waals surface area contributed by atoms with E-state index in [0.29, 0.717) is 6.61 Å². The largest absolute Gasteiger partial charge is 0.494 e. The maximum absolute atomic E-state index is 12.6. The molecule has 2 aromatic rings. The normalized spacial score (nSPS) is 13.2. The summed E-state index contributed by atoms with van der Waals surface area (Å²) in [6.45, 7) is 8.31. The van der Waals surface area contributed by atoms with Gasteiger partial charge in [-0.15, -0.1) is 0 Å². The second-order valence-corrected chi connectivity index (χ2v) is 6.64. The number of hydrogen-bond acceptors (Lipinski definition) is 4. The molecule has 0 bridgehead atoms. The summed E-state index contributed by atoms with van der Waals surface area (Å²) in [5.41, 5.74) is 3.07. The highest BCUT2D eigenvalue weighted by Crippen LogP contribution is 2.26. The molecule has 0 saturated carbocycles. The minimum Gasteiger partial charge on any atom is -0.494 e. The van der Waals surface area contributed by atoms with Gasteiger partial charge in [-0.1, -0.05) is 48.0 Å². The van der Waals surface area contributed by atoms with Gasteiger partial charge in [0.05, 0.1) is 12.6 Å². The number of aryl methyl sites for hydroxylation is 1. The first-order valence-corrected chi connectivity index (χ1v) is 9.41. The zero-order chi connectivity index (χ0) is 20.5. The van der Waals surface area contributed by atoms with Gasteiger partial charge in [0.25, 0.3) is 5.91 Å². The zero-order valence-corrected chi connectivity index (χ0v) is 16.8. The Morgan fingerprint density at radius 2 is 1.89 bits per heavy atom. The van der Waals surface area contributed by atoms with E-state index in [1.165, 1.54) is 6.20 Å². The van der Waals surface area contributed by atoms with Crippen molar-refractivity contribution in [1.82, 2.24) is 10.6 Å². The maximum Gasteiger partial charge on any atom is 0.263 e. The van der Waals surface area contributed by atoms with Crippen LogP contribution in [0.3, 0.4) is 0 Å². The molecule has 0 radical (unpaired) electrons. The first-order chi connectivity index (χ1) is 13.5. The van der Waals surface area contributed by atoms with E-state index in [4.69, 9.17) is 4.74 Å². The molecule has 2 aromatic carbocycles. The number of nitriles is 1. The molecule has 5 nitrogen and oxygen atoms in total. The van der Waals surface area contributed by atoms with Crippen LogP contribution in [0.25, 0.3) is 0 Å². The number of ether oxygens (including phenoxy) is 1. The van der Waals surface area contributed by atoms with Crippen molar-refractivity contribution in [3.8, 4) is 11.8 Å². The van der Waals surface area contributed by atoms with Gasteiger partial charge in [0.2, 0.25) is 0 Å². The van der Waals surface area contributed by atoms with Crippen molar-refractivity contribution in [3.63, 3.8) is 0 Å². The lowest BCUT2D eigenvalue weighted by atomic mass is 10.0. The van der Waals surface area contributed by atoms with Gasteiger partial charge in [-0.25, -0.2) is 0 Å². The quantitative estimate of drug-likeness (QED) is 0.530. The summed E-state index contributed by atoms with van der Waals surface area (Å²) in [6.07, 6.45) is 1.47. The van der Waals surface area contributed by atoms with E-state index >= 15 is 0 Å². The molecule has 0 aliphatic heterocycles. The summed E-state index contributed by atoms with van der Waals surface area (Å²) in [5.74, 6) is 0.311. The van der Waals surface area contributed by atoms with Gasteiger partial charge >= 0.3 is 0 Å². The second-order valence-electron chi connectivity index (χ2n) is 6.64. The highest BCUT2D eigenvalue weighted by Gasteiger charge is 2.17. The molecular formula is C23H27N3O2. The number of rotatable bonds is 8. The smallest absolute Gasteiger partial charge is 0.263 e. The molecule has 2 atom stereocenters. The lowest BCUT2D eigenvalue weighted by Crippen LogP contribution is -2.29. The Balaban J connectivity index is 2.09. The van der Waals surface area contributed by atoms with Gasteiger partial charge < -0.3 is 15.4 Å². The summed E-state index contributed by atoms with van der Waals surface area (Å²) < 4.78 is 5.67. The highest BCUT2D eigenvalue weighted by atomic mass is 16.5. The van der Waals surface area contributed by atoms with Gasteiger partial charge in [-0.05, 0) is 39.3 Å². The molecule has 2 N–H and O–H groups in total. The Hall–Kier alpha value is -3.26. The van der Waals surface area contributed by atoms with Crippen LogP contribution >= 0.6 is 0 Å². The molecule has 0 spiro atoms. The third kappa shape index (κ3) is 5.62. The maximum atomic E-state index is 12.6. The Labute approximate surface area is 167 Å². The van der Waals surface area contributed by atoms with Crippen molar-refractivity contribution >= 4 is 5.91 Å². The monoisotopic (exact) mass is 377 g/mol. The molecule has 5 heteroatoms. The number of nitrogens with zero attached hydrogens (tertiary/aromatic N) is 1. The molecule has 0 heterocycles. The van der Waals surface area contributed by atoms with Crippen molar-refractivity contribution in [2.24, 2.45) is 0 Å². The summed E-state index contributed by atoms with van der Waals surface area (Å²) in [6, 6.07) is 17.4. The number of carbonyl (C=O) groups is 1. The fraction of sp³-hybridized carbons (Fsp3) is 0.304. The molecule has 0 aliphatic rings. The fourth-order valence-electron chi connectivity index (χ4n) is 2.84. The number of hydrogen-bond donors (Lipinski definition) is 2. The van der Waals surface area contributed by atoms with E-state index in [9.17, 15) is 10.1 Å². The van der Waals surface area contributed by atoms with Crippen molar-refractivity contribution < 1.29 is 9.53 Å². The van der Waals surface area contributed by atoms with Gasteiger partial charge in [0, 0.05) is 17.8 Å². The lowest BCUT2D eigenvalue weighted by molar-refractivity contribution is -0.117. The van der Waals surface area contributed by atoms with Crippen molar-refractivity contribution in [2.75, 3.05) is 6.61 Å². The summed E-state index contributed by atoms with van der Waals surface area (Å²) >= 11 is 0. The van der Waals surface area contributed by atoms with Gasteiger partial charge in [0.15, 0.2) is 0 Å². The number of carbonyl (C=O) groups excluding carboxylic acids is 1. The average molecular weight is 377 g/mol. The molecule has 0 saturated heterocycles. The van der Waals surface area contributed by atoms with Crippen molar-refractivity contribution in [1.29, 1.82) is 5.26 Å². The summed E-state index contributed by atoms with van der Waals surface area (Å²) in [5, 5.41) is 15.4. The highest BCUT2D eigenvalue weighted by molar-refractivity contribution is 5.97. The van der Waals surface area contributed by atoms with Crippen molar-refractivity contribution in [3.05, 3.63) is 77.0 Å². The SMILES string of the molecule is CCOc1ccc(C)cc1C(C)NC(=O)/C(C#N)=C\NC(C)c1ccccc1. The van der Waals surface area contributed by atoms with Crippen LogP contribution in [0.1, 0.15) is 49.5 Å². The van der Waals surface area contributed by atoms with Crippen LogP contribution in [-0.4, -0.2) is 12.5 Å². The Morgan fingerprint density at radius 3 is 2.54 bits per heavy atom. The third-order valence-electron chi connectivity index (χ3n) is 4.42. The predicted octanol–water partition coefficient (Wildman–Crippen LogP) is 4.33. The Kier molecular flexibility index (Phi) is 7.65. The number of nitrogens with one attached hydrogen (secondary N) is 2. The Morgan fingerprint density at radius 1 is 1.18 bits per heavy atom. The molecular weight excluding hydrogens is 350 g/mol. The van der Waals surface area contributed by atoms with E-state index in [0.717, 1.165) is 22.4 Å². The van der Waals surface area contributed by atoms with E-state index in [2.05, 4.69) is 10.6 Å². The van der Waals surface area contributed by atoms with Gasteiger partial charge in [0.1, 0.15) is 17.4 Å². The lowest BCUT2D eigenvalue weighted by Gasteiger charge is -2.19. The van der Waals surface area contributed by atoms with E-state index in [1.54, 1.807) is 0 Å². The minimum atomic E-state index is -0.424. The van der Waals surface area contributed by atoms with Crippen LogP contribution in [0.5, 0.6) is 5.75 Å². The third-order valence-corrected chi connectivity index (χ3v) is 4.42. The second kappa shape index (κ2) is 10.2. The summed E-state index contributed by atoms with van der Waals surface area (Å²) in [7, 11) is 0. The molecule has 0 aromatic heterocycles. The molecule has 0 fully saturated rings. The molecule has 1 amide bonds. The van der Waals surface area contributed by atoms with Crippen LogP contribution in [-0.2, 0) is 4.79 Å². The Bertz CT molecular complexity index is 869. The number of benzene rings is 2. The van der Waals surface area contributed by atoms with Crippen LogP contribution in [0, 0.1) is 18.3 Å². The molecule has 146 valence electrons. The average Bonchev–Trinajstić information content (AvgIpc) is 2.70. The standard InChI is InChI=1S/C23H27N3O2/c1-5-28-22-12-11-16(2)13-21(22)18(4)26-23(27)20(14-24)15-25-17(3)19-9-7-6-8-10-19/h6-13,15,17-18,25H,5H2,1-4H3,(H,26,27)/b20-15-. The van der Waals surface area contributed by atoms with E-state index in [1.807, 2.05) is 82.3 Å². The number of amides is 1. The van der Waals surface area contributed by atoms with Crippen LogP contribution in [0.2, 0.25) is 0 Å².